The van der Waals surface area contributed by atoms with Crippen molar-refractivity contribution < 1.29 is 13.9 Å². The topological polar surface area (TPSA) is 64.4 Å². The fourth-order valence-electron chi connectivity index (χ4n) is 2.44. The minimum atomic E-state index is -0.172. The lowest BCUT2D eigenvalue weighted by Crippen LogP contribution is -2.15. The molecule has 0 spiro atoms. The highest BCUT2D eigenvalue weighted by atomic mass is 16.5. The molecule has 0 aliphatic carbocycles. The van der Waals surface area contributed by atoms with Crippen molar-refractivity contribution in [2.45, 2.75) is 12.8 Å². The van der Waals surface area contributed by atoms with Gasteiger partial charge in [-0.1, -0.05) is 36.4 Å². The van der Waals surface area contributed by atoms with Gasteiger partial charge in [-0.3, -0.25) is 4.79 Å². The SMILES string of the molecule is O=C(CNc1ccccn1)c1occc1OCCCc1ccccc1. The van der Waals surface area contributed by atoms with Crippen LogP contribution in [-0.4, -0.2) is 23.9 Å². The number of aromatic nitrogens is 1. The lowest BCUT2D eigenvalue weighted by atomic mass is 10.1. The van der Waals surface area contributed by atoms with Crippen molar-refractivity contribution in [2.75, 3.05) is 18.5 Å². The number of hydrogen-bond acceptors (Lipinski definition) is 5. The molecular formula is C20H20N2O3. The molecule has 0 unspecified atom stereocenters. The first kappa shape index (κ1) is 16.8. The van der Waals surface area contributed by atoms with Crippen LogP contribution in [0.5, 0.6) is 5.75 Å². The van der Waals surface area contributed by atoms with Crippen LogP contribution in [-0.2, 0) is 6.42 Å². The standard InChI is InChI=1S/C20H20N2O3/c23-17(15-22-19-10-4-5-12-21-19)20-18(11-14-25-20)24-13-6-9-16-7-2-1-3-8-16/h1-5,7-8,10-12,14H,6,9,13,15H2,(H,21,22). The zero-order valence-corrected chi connectivity index (χ0v) is 13.9. The molecule has 0 saturated carbocycles. The summed E-state index contributed by atoms with van der Waals surface area (Å²) in [5, 5.41) is 2.97. The van der Waals surface area contributed by atoms with Crippen molar-refractivity contribution in [1.82, 2.24) is 4.98 Å². The third-order valence-corrected chi connectivity index (χ3v) is 3.69. The number of ether oxygens (including phenoxy) is 1. The number of anilines is 1. The summed E-state index contributed by atoms with van der Waals surface area (Å²) >= 11 is 0. The average Bonchev–Trinajstić information content (AvgIpc) is 3.14. The molecule has 3 rings (SSSR count). The molecule has 25 heavy (non-hydrogen) atoms. The van der Waals surface area contributed by atoms with Gasteiger partial charge in [-0.25, -0.2) is 4.98 Å². The van der Waals surface area contributed by atoms with Crippen molar-refractivity contribution in [2.24, 2.45) is 0 Å². The van der Waals surface area contributed by atoms with E-state index in [-0.39, 0.29) is 18.1 Å². The predicted octanol–water partition coefficient (Wildman–Crippen LogP) is 3.98. The van der Waals surface area contributed by atoms with Crippen LogP contribution in [0.25, 0.3) is 0 Å². The first-order chi connectivity index (χ1) is 12.3. The zero-order valence-electron chi connectivity index (χ0n) is 13.9. The largest absolute Gasteiger partial charge is 0.489 e. The molecule has 3 aromatic rings. The Labute approximate surface area is 146 Å². The van der Waals surface area contributed by atoms with Crippen molar-refractivity contribution in [3.05, 3.63) is 78.4 Å². The Morgan fingerprint density at radius 3 is 2.72 bits per heavy atom. The number of nitrogens with zero attached hydrogens (tertiary/aromatic N) is 1. The van der Waals surface area contributed by atoms with E-state index < -0.39 is 0 Å². The van der Waals surface area contributed by atoms with Crippen LogP contribution in [0.3, 0.4) is 0 Å². The summed E-state index contributed by atoms with van der Waals surface area (Å²) in [4.78, 5) is 16.4. The second-order valence-electron chi connectivity index (χ2n) is 5.54. The second kappa shape index (κ2) is 8.68. The van der Waals surface area contributed by atoms with Gasteiger partial charge in [0.25, 0.3) is 0 Å². The number of Topliss-reactive ketones (excluding diaryl/α,β-unsaturated/α-hetero) is 1. The van der Waals surface area contributed by atoms with Gasteiger partial charge in [0, 0.05) is 12.3 Å². The summed E-state index contributed by atoms with van der Waals surface area (Å²) in [5.74, 6) is 1.20. The summed E-state index contributed by atoms with van der Waals surface area (Å²) in [6.45, 7) is 0.632. The van der Waals surface area contributed by atoms with Crippen LogP contribution in [0.4, 0.5) is 5.82 Å². The molecule has 5 nitrogen and oxygen atoms in total. The first-order valence-electron chi connectivity index (χ1n) is 8.25. The lowest BCUT2D eigenvalue weighted by molar-refractivity contribution is 0.0974. The van der Waals surface area contributed by atoms with Gasteiger partial charge in [-0.2, -0.15) is 0 Å². The maximum atomic E-state index is 12.3. The number of carbonyl (C=O) groups is 1. The molecule has 0 saturated heterocycles. The number of aryl methyl sites for hydroxylation is 1. The van der Waals surface area contributed by atoms with Crippen LogP contribution in [0.2, 0.25) is 0 Å². The number of furan rings is 1. The van der Waals surface area contributed by atoms with Gasteiger partial charge in [-0.15, -0.1) is 0 Å². The van der Waals surface area contributed by atoms with Crippen molar-refractivity contribution in [3.63, 3.8) is 0 Å². The molecule has 0 fully saturated rings. The normalized spacial score (nSPS) is 10.4. The minimum absolute atomic E-state index is 0.102. The van der Waals surface area contributed by atoms with Gasteiger partial charge in [0.2, 0.25) is 11.5 Å². The Balaban J connectivity index is 1.47. The third kappa shape index (κ3) is 4.94. The van der Waals surface area contributed by atoms with E-state index in [1.165, 1.54) is 11.8 Å². The van der Waals surface area contributed by atoms with Crippen molar-refractivity contribution >= 4 is 11.6 Å². The summed E-state index contributed by atoms with van der Waals surface area (Å²) < 4.78 is 11.0. The van der Waals surface area contributed by atoms with Crippen LogP contribution in [0.1, 0.15) is 22.5 Å². The molecular weight excluding hydrogens is 316 g/mol. The van der Waals surface area contributed by atoms with Gasteiger partial charge in [0.1, 0.15) is 5.82 Å². The van der Waals surface area contributed by atoms with E-state index in [9.17, 15) is 4.79 Å². The molecule has 0 aliphatic heterocycles. The van der Waals surface area contributed by atoms with Crippen LogP contribution >= 0.6 is 0 Å². The van der Waals surface area contributed by atoms with Crippen molar-refractivity contribution in [3.8, 4) is 5.75 Å². The van der Waals surface area contributed by atoms with E-state index in [0.717, 1.165) is 12.8 Å². The number of ketones is 1. The molecule has 2 aromatic heterocycles. The van der Waals surface area contributed by atoms with Crippen LogP contribution < -0.4 is 10.1 Å². The maximum Gasteiger partial charge on any atom is 0.220 e. The Kier molecular flexibility index (Phi) is 5.82. The van der Waals surface area contributed by atoms with E-state index in [2.05, 4.69) is 22.4 Å². The summed E-state index contributed by atoms with van der Waals surface area (Å²) in [6.07, 6.45) is 4.94. The minimum Gasteiger partial charge on any atom is -0.489 e. The highest BCUT2D eigenvalue weighted by Gasteiger charge is 2.16. The molecule has 0 bridgehead atoms. The molecule has 2 heterocycles. The number of rotatable bonds is 9. The van der Waals surface area contributed by atoms with Gasteiger partial charge in [0.05, 0.1) is 19.4 Å². The Hall–Kier alpha value is -3.08. The smallest absolute Gasteiger partial charge is 0.220 e. The number of hydrogen-bond donors (Lipinski definition) is 1. The van der Waals surface area contributed by atoms with E-state index in [0.29, 0.717) is 18.2 Å². The van der Waals surface area contributed by atoms with Crippen molar-refractivity contribution in [1.29, 1.82) is 0 Å². The highest BCUT2D eigenvalue weighted by molar-refractivity contribution is 5.98. The zero-order chi connectivity index (χ0) is 17.3. The number of pyridine rings is 1. The van der Waals surface area contributed by atoms with Gasteiger partial charge in [0.15, 0.2) is 5.75 Å². The Morgan fingerprint density at radius 2 is 1.92 bits per heavy atom. The first-order valence-corrected chi connectivity index (χ1v) is 8.25. The third-order valence-electron chi connectivity index (χ3n) is 3.69. The maximum absolute atomic E-state index is 12.3. The number of carbonyl (C=O) groups excluding carboxylic acids is 1. The van der Waals surface area contributed by atoms with Gasteiger partial charge >= 0.3 is 0 Å². The number of benzene rings is 1. The lowest BCUT2D eigenvalue weighted by Gasteiger charge is -2.07. The molecule has 0 aliphatic rings. The fourth-order valence-corrected chi connectivity index (χ4v) is 2.44. The van der Waals surface area contributed by atoms with E-state index in [4.69, 9.17) is 9.15 Å². The highest BCUT2D eigenvalue weighted by Crippen LogP contribution is 2.21. The molecule has 0 radical (unpaired) electrons. The summed E-state index contributed by atoms with van der Waals surface area (Å²) in [6, 6.07) is 17.4. The predicted molar refractivity (Wildman–Crippen MR) is 96.0 cm³/mol. The second-order valence-corrected chi connectivity index (χ2v) is 5.54. The van der Waals surface area contributed by atoms with E-state index >= 15 is 0 Å². The molecule has 0 atom stereocenters. The molecule has 1 aromatic carbocycles. The van der Waals surface area contributed by atoms with Crippen LogP contribution in [0, 0.1) is 0 Å². The Bertz CT molecular complexity index is 785. The Morgan fingerprint density at radius 1 is 1.08 bits per heavy atom. The van der Waals surface area contributed by atoms with Gasteiger partial charge in [-0.05, 0) is 30.5 Å². The van der Waals surface area contributed by atoms with E-state index in [1.54, 1.807) is 18.3 Å². The van der Waals surface area contributed by atoms with Crippen LogP contribution in [0.15, 0.2) is 71.5 Å². The summed E-state index contributed by atoms with van der Waals surface area (Å²) in [5.41, 5.74) is 1.27. The molecule has 0 amide bonds. The average molecular weight is 336 g/mol. The number of nitrogens with one attached hydrogen (secondary N) is 1. The van der Waals surface area contributed by atoms with Gasteiger partial charge < -0.3 is 14.5 Å². The fraction of sp³-hybridized carbons (Fsp3) is 0.200. The molecule has 5 heteroatoms. The quantitative estimate of drug-likeness (QED) is 0.473. The molecule has 1 N–H and O–H groups in total. The monoisotopic (exact) mass is 336 g/mol. The molecule has 128 valence electrons. The summed E-state index contributed by atoms with van der Waals surface area (Å²) in [7, 11) is 0. The van der Waals surface area contributed by atoms with E-state index in [1.807, 2.05) is 30.3 Å².